The Morgan fingerprint density at radius 3 is 3.00 bits per heavy atom. The van der Waals surface area contributed by atoms with Gasteiger partial charge in [-0.05, 0) is 32.0 Å². The zero-order valence-corrected chi connectivity index (χ0v) is 14.3. The summed E-state index contributed by atoms with van der Waals surface area (Å²) in [5.74, 6) is 0.779. The van der Waals surface area contributed by atoms with E-state index < -0.39 is 0 Å². The third kappa shape index (κ3) is 2.55. The summed E-state index contributed by atoms with van der Waals surface area (Å²) in [6.07, 6.45) is 0. The van der Waals surface area contributed by atoms with Crippen molar-refractivity contribution in [2.45, 2.75) is 19.8 Å². The molecular formula is C16H15BrN4O2. The van der Waals surface area contributed by atoms with E-state index in [9.17, 15) is 5.26 Å². The van der Waals surface area contributed by atoms with Crippen LogP contribution in [0.3, 0.4) is 0 Å². The highest BCUT2D eigenvalue weighted by atomic mass is 79.9. The largest absolute Gasteiger partial charge is 0.494 e. The number of hydrogen-bond donors (Lipinski definition) is 2. The molecule has 0 bridgehead atoms. The molecule has 0 unspecified atom stereocenters. The van der Waals surface area contributed by atoms with Crippen LogP contribution in [0.25, 0.3) is 0 Å². The van der Waals surface area contributed by atoms with Crippen molar-refractivity contribution in [1.29, 1.82) is 5.26 Å². The molecule has 1 aromatic carbocycles. The maximum absolute atomic E-state index is 9.59. The van der Waals surface area contributed by atoms with Crippen molar-refractivity contribution in [3.63, 3.8) is 0 Å². The molecule has 7 heteroatoms. The summed E-state index contributed by atoms with van der Waals surface area (Å²) in [6.45, 7) is 4.33. The van der Waals surface area contributed by atoms with Crippen molar-refractivity contribution >= 4 is 15.9 Å². The number of nitrogens with two attached hydrogens (primary N) is 1. The number of ether oxygens (including phenoxy) is 2. The lowest BCUT2D eigenvalue weighted by atomic mass is 9.83. The molecule has 3 rings (SSSR count). The fraction of sp³-hybridized carbons (Fsp3) is 0.250. The quantitative estimate of drug-likeness (QED) is 0.859. The summed E-state index contributed by atoms with van der Waals surface area (Å²) >= 11 is 3.48. The third-order valence-corrected chi connectivity index (χ3v) is 4.21. The predicted octanol–water partition coefficient (Wildman–Crippen LogP) is 3.10. The summed E-state index contributed by atoms with van der Waals surface area (Å²) in [5, 5.41) is 16.6. The zero-order chi connectivity index (χ0) is 16.6. The number of nitrogens with zero attached hydrogens (tertiary/aromatic N) is 2. The van der Waals surface area contributed by atoms with Crippen molar-refractivity contribution in [2.75, 3.05) is 6.61 Å². The number of allylic oxidation sites excluding steroid dienone is 1. The number of aromatic amines is 1. The third-order valence-electron chi connectivity index (χ3n) is 3.71. The van der Waals surface area contributed by atoms with Gasteiger partial charge in [-0.3, -0.25) is 5.10 Å². The number of halogens is 1. The van der Waals surface area contributed by atoms with Gasteiger partial charge in [-0.15, -0.1) is 5.10 Å². The molecule has 0 saturated carbocycles. The second kappa shape index (κ2) is 5.97. The molecular weight excluding hydrogens is 360 g/mol. The van der Waals surface area contributed by atoms with Gasteiger partial charge in [0.15, 0.2) is 0 Å². The minimum absolute atomic E-state index is 0.0684. The molecule has 0 radical (unpaired) electrons. The van der Waals surface area contributed by atoms with Crippen LogP contribution in [0.4, 0.5) is 0 Å². The van der Waals surface area contributed by atoms with E-state index in [0.717, 1.165) is 21.3 Å². The molecule has 2 aromatic rings. The van der Waals surface area contributed by atoms with Crippen LogP contribution in [-0.2, 0) is 0 Å². The summed E-state index contributed by atoms with van der Waals surface area (Å²) in [6, 6.07) is 7.87. The Labute approximate surface area is 142 Å². The van der Waals surface area contributed by atoms with Gasteiger partial charge in [0.25, 0.3) is 0 Å². The maximum atomic E-state index is 9.59. The minimum Gasteiger partial charge on any atom is -0.494 e. The van der Waals surface area contributed by atoms with Gasteiger partial charge in [0, 0.05) is 21.3 Å². The van der Waals surface area contributed by atoms with Crippen LogP contribution >= 0.6 is 15.9 Å². The molecule has 3 N–H and O–H groups in total. The second-order valence-corrected chi connectivity index (χ2v) is 6.02. The Morgan fingerprint density at radius 2 is 2.30 bits per heavy atom. The number of nitrogens with one attached hydrogen (secondary N) is 1. The number of benzene rings is 1. The first-order chi connectivity index (χ1) is 11.1. The van der Waals surface area contributed by atoms with Gasteiger partial charge in [0.05, 0.1) is 12.5 Å². The van der Waals surface area contributed by atoms with Crippen molar-refractivity contribution in [3.8, 4) is 17.7 Å². The summed E-state index contributed by atoms with van der Waals surface area (Å²) in [7, 11) is 0. The fourth-order valence-electron chi connectivity index (χ4n) is 2.74. The van der Waals surface area contributed by atoms with E-state index in [2.05, 4.69) is 32.2 Å². The van der Waals surface area contributed by atoms with E-state index in [0.29, 0.717) is 23.8 Å². The Kier molecular flexibility index (Phi) is 4.01. The van der Waals surface area contributed by atoms with E-state index >= 15 is 0 Å². The highest BCUT2D eigenvalue weighted by molar-refractivity contribution is 9.10. The fourth-order valence-corrected chi connectivity index (χ4v) is 3.12. The number of hydrogen-bond acceptors (Lipinski definition) is 5. The lowest BCUT2D eigenvalue weighted by molar-refractivity contribution is 0.334. The van der Waals surface area contributed by atoms with Crippen LogP contribution in [-0.4, -0.2) is 16.8 Å². The molecule has 0 saturated heterocycles. The van der Waals surface area contributed by atoms with Gasteiger partial charge in [-0.25, -0.2) is 0 Å². The first kappa shape index (κ1) is 15.4. The first-order valence-electron chi connectivity index (χ1n) is 7.11. The van der Waals surface area contributed by atoms with Crippen LogP contribution in [0.2, 0.25) is 0 Å². The smallest absolute Gasteiger partial charge is 0.244 e. The number of aromatic nitrogens is 2. The second-order valence-electron chi connectivity index (χ2n) is 5.11. The van der Waals surface area contributed by atoms with E-state index in [1.54, 1.807) is 0 Å². The van der Waals surface area contributed by atoms with Crippen molar-refractivity contribution in [1.82, 2.24) is 10.2 Å². The average molecular weight is 375 g/mol. The molecule has 6 nitrogen and oxygen atoms in total. The standard InChI is InChI=1S/C16H15BrN4O2/c1-3-22-12-5-4-9(17)6-10(12)14-11(7-18)15(19)23-16-13(14)8(2)20-21-16/h4-6,14H,3,19H2,1-2H3,(H,20,21)/t14-/m1/s1. The number of H-pyrrole nitrogens is 1. The highest BCUT2D eigenvalue weighted by Gasteiger charge is 2.35. The summed E-state index contributed by atoms with van der Waals surface area (Å²) < 4.78 is 12.1. The van der Waals surface area contributed by atoms with Crippen molar-refractivity contribution in [3.05, 3.63) is 50.9 Å². The van der Waals surface area contributed by atoms with Crippen LogP contribution in [0.15, 0.2) is 34.1 Å². The number of aryl methyl sites for hydroxylation is 1. The molecule has 2 heterocycles. The molecule has 0 fully saturated rings. The van der Waals surface area contributed by atoms with Gasteiger partial charge >= 0.3 is 0 Å². The number of nitriles is 1. The Balaban J connectivity index is 2.27. The molecule has 1 atom stereocenters. The number of rotatable bonds is 3. The van der Waals surface area contributed by atoms with E-state index in [1.165, 1.54) is 0 Å². The lowest BCUT2D eigenvalue weighted by Gasteiger charge is -2.25. The normalized spacial score (nSPS) is 16.5. The topological polar surface area (TPSA) is 96.9 Å². The van der Waals surface area contributed by atoms with E-state index in [-0.39, 0.29) is 11.8 Å². The Hall–Kier alpha value is -2.46. The molecule has 1 aliphatic heterocycles. The van der Waals surface area contributed by atoms with Crippen LogP contribution in [0, 0.1) is 18.3 Å². The number of fused-ring (bicyclic) bond motifs is 1. The monoisotopic (exact) mass is 374 g/mol. The van der Waals surface area contributed by atoms with Crippen molar-refractivity contribution in [2.24, 2.45) is 5.73 Å². The molecule has 1 aromatic heterocycles. The van der Waals surface area contributed by atoms with Gasteiger partial charge in [0.2, 0.25) is 11.8 Å². The molecule has 0 amide bonds. The molecule has 0 aliphatic carbocycles. The van der Waals surface area contributed by atoms with Crippen LogP contribution in [0.1, 0.15) is 29.7 Å². The SMILES string of the molecule is CCOc1ccc(Br)cc1[C@@H]1C(C#N)=C(N)Oc2n[nH]c(C)c21. The molecule has 1 aliphatic rings. The van der Waals surface area contributed by atoms with E-state index in [4.69, 9.17) is 15.2 Å². The minimum atomic E-state index is -0.387. The first-order valence-corrected chi connectivity index (χ1v) is 7.90. The van der Waals surface area contributed by atoms with Crippen LogP contribution in [0.5, 0.6) is 11.6 Å². The van der Waals surface area contributed by atoms with Gasteiger partial charge in [-0.1, -0.05) is 15.9 Å². The van der Waals surface area contributed by atoms with Gasteiger partial charge < -0.3 is 15.2 Å². The van der Waals surface area contributed by atoms with E-state index in [1.807, 2.05) is 32.0 Å². The molecule has 0 spiro atoms. The lowest BCUT2D eigenvalue weighted by Crippen LogP contribution is -2.21. The summed E-state index contributed by atoms with van der Waals surface area (Å²) in [4.78, 5) is 0. The highest BCUT2D eigenvalue weighted by Crippen LogP contribution is 2.45. The van der Waals surface area contributed by atoms with Crippen LogP contribution < -0.4 is 15.2 Å². The predicted molar refractivity (Wildman–Crippen MR) is 87.9 cm³/mol. The average Bonchev–Trinajstić information content (AvgIpc) is 2.89. The van der Waals surface area contributed by atoms with Gasteiger partial charge in [-0.2, -0.15) is 5.26 Å². The summed E-state index contributed by atoms with van der Waals surface area (Å²) in [5.41, 5.74) is 8.75. The maximum Gasteiger partial charge on any atom is 0.244 e. The van der Waals surface area contributed by atoms with Crippen molar-refractivity contribution < 1.29 is 9.47 Å². The van der Waals surface area contributed by atoms with Gasteiger partial charge in [0.1, 0.15) is 17.4 Å². The Morgan fingerprint density at radius 1 is 1.52 bits per heavy atom. The molecule has 23 heavy (non-hydrogen) atoms. The molecule has 118 valence electrons. The zero-order valence-electron chi connectivity index (χ0n) is 12.7. The Bertz CT molecular complexity index is 835.